The Labute approximate surface area is 103 Å². The standard InChI is InChI=1S/C10H22N2O2S2/c1-9(7-11)16(13,14)12-8-10(15-2)5-3-4-6-10/h9,12H,3-8,11H2,1-2H3. The average molecular weight is 266 g/mol. The van der Waals surface area contributed by atoms with Gasteiger partial charge in [-0.2, -0.15) is 11.8 Å². The first-order valence-corrected chi connectivity index (χ1v) is 8.46. The molecule has 1 fully saturated rings. The highest BCUT2D eigenvalue weighted by Crippen LogP contribution is 2.39. The summed E-state index contributed by atoms with van der Waals surface area (Å²) in [5.41, 5.74) is 5.38. The fourth-order valence-corrected chi connectivity index (χ4v) is 3.99. The number of nitrogens with two attached hydrogens (primary N) is 1. The minimum Gasteiger partial charge on any atom is -0.329 e. The van der Waals surface area contributed by atoms with Crippen molar-refractivity contribution in [2.75, 3.05) is 19.3 Å². The van der Waals surface area contributed by atoms with E-state index in [-0.39, 0.29) is 11.3 Å². The van der Waals surface area contributed by atoms with Gasteiger partial charge in [-0.05, 0) is 26.0 Å². The summed E-state index contributed by atoms with van der Waals surface area (Å²) in [5.74, 6) is 0. The molecule has 1 rings (SSSR count). The molecule has 0 aromatic heterocycles. The molecule has 1 aliphatic carbocycles. The second kappa shape index (κ2) is 5.71. The Bertz CT molecular complexity index is 311. The van der Waals surface area contributed by atoms with Gasteiger partial charge in [0.2, 0.25) is 10.0 Å². The topological polar surface area (TPSA) is 72.2 Å². The number of nitrogens with one attached hydrogen (secondary N) is 1. The maximum atomic E-state index is 11.8. The van der Waals surface area contributed by atoms with Gasteiger partial charge in [0, 0.05) is 17.8 Å². The van der Waals surface area contributed by atoms with Crippen LogP contribution in [-0.4, -0.2) is 37.8 Å². The zero-order chi connectivity index (χ0) is 12.2. The Morgan fingerprint density at radius 2 is 2.00 bits per heavy atom. The molecule has 16 heavy (non-hydrogen) atoms. The van der Waals surface area contributed by atoms with Crippen LogP contribution in [0.25, 0.3) is 0 Å². The summed E-state index contributed by atoms with van der Waals surface area (Å²) in [7, 11) is -3.23. The van der Waals surface area contributed by atoms with Crippen LogP contribution in [0.5, 0.6) is 0 Å². The van der Waals surface area contributed by atoms with Crippen molar-refractivity contribution in [3.63, 3.8) is 0 Å². The largest absolute Gasteiger partial charge is 0.329 e. The van der Waals surface area contributed by atoms with Crippen molar-refractivity contribution in [1.29, 1.82) is 0 Å². The lowest BCUT2D eigenvalue weighted by atomic mass is 10.1. The van der Waals surface area contributed by atoms with E-state index >= 15 is 0 Å². The van der Waals surface area contributed by atoms with Crippen molar-refractivity contribution < 1.29 is 8.42 Å². The predicted octanol–water partition coefficient (Wildman–Crippen LogP) is 0.929. The first kappa shape index (κ1) is 14.3. The van der Waals surface area contributed by atoms with Gasteiger partial charge < -0.3 is 5.73 Å². The third kappa shape index (κ3) is 3.35. The summed E-state index contributed by atoms with van der Waals surface area (Å²) in [6.07, 6.45) is 6.68. The Hall–Kier alpha value is 0.220. The van der Waals surface area contributed by atoms with Crippen LogP contribution < -0.4 is 10.5 Å². The summed E-state index contributed by atoms with van der Waals surface area (Å²) >= 11 is 1.78. The quantitative estimate of drug-likeness (QED) is 0.750. The van der Waals surface area contributed by atoms with Gasteiger partial charge in [0.1, 0.15) is 0 Å². The molecule has 6 heteroatoms. The van der Waals surface area contributed by atoms with Crippen molar-refractivity contribution >= 4 is 21.8 Å². The van der Waals surface area contributed by atoms with E-state index in [2.05, 4.69) is 11.0 Å². The van der Waals surface area contributed by atoms with Gasteiger partial charge in [0.25, 0.3) is 0 Å². The van der Waals surface area contributed by atoms with E-state index in [1.165, 1.54) is 12.8 Å². The number of sulfonamides is 1. The molecule has 4 nitrogen and oxygen atoms in total. The molecule has 0 aliphatic heterocycles. The van der Waals surface area contributed by atoms with Crippen LogP contribution in [-0.2, 0) is 10.0 Å². The summed E-state index contributed by atoms with van der Waals surface area (Å²) in [6, 6.07) is 0. The average Bonchev–Trinajstić information content (AvgIpc) is 2.75. The maximum Gasteiger partial charge on any atom is 0.215 e. The smallest absolute Gasteiger partial charge is 0.215 e. The summed E-state index contributed by atoms with van der Waals surface area (Å²) in [5, 5.41) is -0.507. The third-order valence-electron chi connectivity index (χ3n) is 3.40. The molecule has 0 aromatic rings. The Morgan fingerprint density at radius 1 is 1.44 bits per heavy atom. The molecular formula is C10H22N2O2S2. The zero-order valence-corrected chi connectivity index (χ0v) is 11.7. The van der Waals surface area contributed by atoms with E-state index in [1.807, 2.05) is 0 Å². The van der Waals surface area contributed by atoms with Crippen LogP contribution in [0, 0.1) is 0 Å². The van der Waals surface area contributed by atoms with Gasteiger partial charge in [0.15, 0.2) is 0 Å². The Balaban J connectivity index is 2.56. The van der Waals surface area contributed by atoms with Gasteiger partial charge in [-0.15, -0.1) is 0 Å². The van der Waals surface area contributed by atoms with E-state index in [4.69, 9.17) is 5.73 Å². The number of thioether (sulfide) groups is 1. The van der Waals surface area contributed by atoms with E-state index < -0.39 is 15.3 Å². The first-order valence-electron chi connectivity index (χ1n) is 5.69. The monoisotopic (exact) mass is 266 g/mol. The minimum atomic E-state index is -3.23. The molecule has 96 valence electrons. The molecule has 0 radical (unpaired) electrons. The van der Waals surface area contributed by atoms with Gasteiger partial charge in [-0.25, -0.2) is 13.1 Å². The van der Waals surface area contributed by atoms with Crippen molar-refractivity contribution in [3.8, 4) is 0 Å². The highest BCUT2D eigenvalue weighted by atomic mass is 32.2. The molecule has 0 heterocycles. The molecule has 0 spiro atoms. The van der Waals surface area contributed by atoms with Crippen LogP contribution in [0.4, 0.5) is 0 Å². The fourth-order valence-electron chi connectivity index (χ4n) is 1.97. The zero-order valence-electron chi connectivity index (χ0n) is 10.0. The molecular weight excluding hydrogens is 244 g/mol. The van der Waals surface area contributed by atoms with E-state index in [0.29, 0.717) is 6.54 Å². The summed E-state index contributed by atoms with van der Waals surface area (Å²) in [4.78, 5) is 0. The van der Waals surface area contributed by atoms with E-state index in [1.54, 1.807) is 18.7 Å². The number of hydrogen-bond donors (Lipinski definition) is 2. The Morgan fingerprint density at radius 3 is 2.44 bits per heavy atom. The predicted molar refractivity (Wildman–Crippen MR) is 70.2 cm³/mol. The summed E-state index contributed by atoms with van der Waals surface area (Å²) in [6.45, 7) is 2.35. The molecule has 1 aliphatic rings. The van der Waals surface area contributed by atoms with Crippen molar-refractivity contribution in [1.82, 2.24) is 4.72 Å². The lowest BCUT2D eigenvalue weighted by molar-refractivity contribution is 0.542. The van der Waals surface area contributed by atoms with Crippen LogP contribution in [0.15, 0.2) is 0 Å². The highest BCUT2D eigenvalue weighted by molar-refractivity contribution is 8.00. The second-order valence-electron chi connectivity index (χ2n) is 4.51. The summed E-state index contributed by atoms with van der Waals surface area (Å²) < 4.78 is 26.4. The molecule has 1 atom stereocenters. The molecule has 0 aromatic carbocycles. The van der Waals surface area contributed by atoms with Crippen LogP contribution in [0.1, 0.15) is 32.6 Å². The van der Waals surface area contributed by atoms with Gasteiger partial charge >= 0.3 is 0 Å². The van der Waals surface area contributed by atoms with Crippen LogP contribution in [0.2, 0.25) is 0 Å². The van der Waals surface area contributed by atoms with Crippen molar-refractivity contribution in [3.05, 3.63) is 0 Å². The van der Waals surface area contributed by atoms with E-state index in [0.717, 1.165) is 12.8 Å². The molecule has 0 amide bonds. The SMILES string of the molecule is CSC1(CNS(=O)(=O)C(C)CN)CCCC1. The van der Waals surface area contributed by atoms with Crippen molar-refractivity contribution in [2.24, 2.45) is 5.73 Å². The third-order valence-corrected chi connectivity index (χ3v) is 6.62. The van der Waals surface area contributed by atoms with Crippen molar-refractivity contribution in [2.45, 2.75) is 42.6 Å². The number of hydrogen-bond acceptors (Lipinski definition) is 4. The van der Waals surface area contributed by atoms with Gasteiger partial charge in [0.05, 0.1) is 5.25 Å². The Kier molecular flexibility index (Phi) is 5.10. The molecule has 1 saturated carbocycles. The van der Waals surface area contributed by atoms with Gasteiger partial charge in [-0.1, -0.05) is 12.8 Å². The highest BCUT2D eigenvalue weighted by Gasteiger charge is 2.34. The minimum absolute atomic E-state index is 0.112. The van der Waals surface area contributed by atoms with Crippen LogP contribution in [0.3, 0.4) is 0 Å². The molecule has 1 unspecified atom stereocenters. The number of rotatable bonds is 6. The normalized spacial score (nSPS) is 22.2. The lowest BCUT2D eigenvalue weighted by Crippen LogP contribution is -2.43. The molecule has 3 N–H and O–H groups in total. The first-order chi connectivity index (χ1) is 7.46. The lowest BCUT2D eigenvalue weighted by Gasteiger charge is -2.27. The maximum absolute atomic E-state index is 11.8. The van der Waals surface area contributed by atoms with E-state index in [9.17, 15) is 8.42 Å². The molecule has 0 bridgehead atoms. The molecule has 0 saturated heterocycles. The second-order valence-corrected chi connectivity index (χ2v) is 7.96. The van der Waals surface area contributed by atoms with Gasteiger partial charge in [-0.3, -0.25) is 0 Å². The van der Waals surface area contributed by atoms with Crippen LogP contribution >= 0.6 is 11.8 Å². The fraction of sp³-hybridized carbons (Fsp3) is 1.00.